The van der Waals surface area contributed by atoms with Crippen LogP contribution in [0.4, 0.5) is 0 Å². The van der Waals surface area contributed by atoms with Crippen LogP contribution in [0.2, 0.25) is 0 Å². The van der Waals surface area contributed by atoms with Crippen molar-refractivity contribution >= 4 is 16.9 Å². The van der Waals surface area contributed by atoms with E-state index in [1.54, 1.807) is 19.9 Å². The predicted molar refractivity (Wildman–Crippen MR) is 109 cm³/mol. The van der Waals surface area contributed by atoms with Crippen LogP contribution in [0.3, 0.4) is 0 Å². The third kappa shape index (κ3) is 3.79. The molecule has 0 aliphatic carbocycles. The van der Waals surface area contributed by atoms with Gasteiger partial charge in [0, 0.05) is 5.56 Å². The minimum Gasteiger partial charge on any atom is -0.471 e. The summed E-state index contributed by atoms with van der Waals surface area (Å²) in [6.07, 6.45) is -0.935. The molecule has 0 saturated carbocycles. The van der Waals surface area contributed by atoms with Gasteiger partial charge in [-0.2, -0.15) is 0 Å². The van der Waals surface area contributed by atoms with Gasteiger partial charge in [-0.1, -0.05) is 35.9 Å². The van der Waals surface area contributed by atoms with Gasteiger partial charge < -0.3 is 13.9 Å². The van der Waals surface area contributed by atoms with E-state index in [0.717, 1.165) is 16.7 Å². The lowest BCUT2D eigenvalue weighted by molar-refractivity contribution is -0.150. The molecule has 0 radical (unpaired) electrons. The highest BCUT2D eigenvalue weighted by atomic mass is 16.6. The Hall–Kier alpha value is -3.08. The summed E-state index contributed by atoms with van der Waals surface area (Å²) in [4.78, 5) is 25.3. The van der Waals surface area contributed by atoms with E-state index in [1.165, 1.54) is 0 Å². The van der Waals surface area contributed by atoms with Crippen molar-refractivity contribution in [2.45, 2.75) is 40.7 Å². The van der Waals surface area contributed by atoms with E-state index in [2.05, 4.69) is 0 Å². The Balaban J connectivity index is 2.24. The van der Waals surface area contributed by atoms with Crippen LogP contribution < -0.4 is 10.2 Å². The summed E-state index contributed by atoms with van der Waals surface area (Å²) in [7, 11) is 0. The number of carbonyl (C=O) groups is 1. The van der Waals surface area contributed by atoms with Crippen molar-refractivity contribution in [2.75, 3.05) is 6.61 Å². The molecule has 28 heavy (non-hydrogen) atoms. The summed E-state index contributed by atoms with van der Waals surface area (Å²) in [5.74, 6) is -0.209. The van der Waals surface area contributed by atoms with Crippen molar-refractivity contribution in [1.82, 2.24) is 0 Å². The first-order chi connectivity index (χ1) is 13.3. The van der Waals surface area contributed by atoms with Crippen LogP contribution >= 0.6 is 0 Å². The monoisotopic (exact) mass is 380 g/mol. The Kier molecular flexibility index (Phi) is 5.54. The van der Waals surface area contributed by atoms with Crippen molar-refractivity contribution in [2.24, 2.45) is 0 Å². The van der Waals surface area contributed by atoms with Crippen LogP contribution in [0.25, 0.3) is 22.3 Å². The van der Waals surface area contributed by atoms with Crippen molar-refractivity contribution in [3.8, 4) is 17.1 Å². The predicted octanol–water partition coefficient (Wildman–Crippen LogP) is 4.72. The second-order valence-corrected chi connectivity index (χ2v) is 6.93. The summed E-state index contributed by atoms with van der Waals surface area (Å²) < 4.78 is 16.9. The smallest absolute Gasteiger partial charge is 0.347 e. The molecule has 1 heterocycles. The van der Waals surface area contributed by atoms with Gasteiger partial charge in [0.1, 0.15) is 5.58 Å². The van der Waals surface area contributed by atoms with Crippen LogP contribution in [-0.4, -0.2) is 18.7 Å². The van der Waals surface area contributed by atoms with Crippen molar-refractivity contribution in [1.29, 1.82) is 0 Å². The molecule has 0 N–H and O–H groups in total. The molecule has 1 unspecified atom stereocenters. The maximum Gasteiger partial charge on any atom is 0.347 e. The van der Waals surface area contributed by atoms with E-state index in [-0.39, 0.29) is 17.8 Å². The minimum atomic E-state index is -0.935. The third-order valence-corrected chi connectivity index (χ3v) is 4.51. The molecule has 1 atom stereocenters. The molecule has 1 aromatic heterocycles. The molecule has 0 aliphatic heterocycles. The Bertz CT molecular complexity index is 1080. The molecule has 3 aromatic rings. The molecule has 0 amide bonds. The second kappa shape index (κ2) is 7.89. The van der Waals surface area contributed by atoms with E-state index < -0.39 is 12.1 Å². The van der Waals surface area contributed by atoms with E-state index in [4.69, 9.17) is 13.9 Å². The molecule has 146 valence electrons. The van der Waals surface area contributed by atoms with Crippen LogP contribution in [0.15, 0.2) is 45.6 Å². The number of hydrogen-bond acceptors (Lipinski definition) is 5. The normalized spacial score (nSPS) is 12.0. The van der Waals surface area contributed by atoms with Crippen LogP contribution in [0.1, 0.15) is 30.5 Å². The molecule has 0 spiro atoms. The van der Waals surface area contributed by atoms with E-state index in [0.29, 0.717) is 22.3 Å². The van der Waals surface area contributed by atoms with Gasteiger partial charge in [-0.15, -0.1) is 0 Å². The van der Waals surface area contributed by atoms with Crippen LogP contribution in [-0.2, 0) is 9.53 Å². The zero-order valence-corrected chi connectivity index (χ0v) is 16.8. The van der Waals surface area contributed by atoms with Gasteiger partial charge in [0.2, 0.25) is 11.2 Å². The topological polar surface area (TPSA) is 65.7 Å². The number of rotatable bonds is 5. The average molecular weight is 380 g/mol. The fourth-order valence-corrected chi connectivity index (χ4v) is 3.12. The van der Waals surface area contributed by atoms with Crippen molar-refractivity contribution in [3.63, 3.8) is 0 Å². The van der Waals surface area contributed by atoms with Crippen LogP contribution in [0, 0.1) is 20.8 Å². The number of hydrogen-bond donors (Lipinski definition) is 0. The average Bonchev–Trinajstić information content (AvgIpc) is 2.65. The number of aryl methyl sites for hydroxylation is 3. The van der Waals surface area contributed by atoms with Gasteiger partial charge >= 0.3 is 5.97 Å². The third-order valence-electron chi connectivity index (χ3n) is 4.51. The molecule has 5 heteroatoms. The number of esters is 1. The molecule has 0 saturated heterocycles. The van der Waals surface area contributed by atoms with E-state index in [9.17, 15) is 9.59 Å². The number of carbonyl (C=O) groups excluding carboxylic acids is 1. The highest BCUT2D eigenvalue weighted by Crippen LogP contribution is 2.33. The van der Waals surface area contributed by atoms with Crippen LogP contribution in [0.5, 0.6) is 5.75 Å². The number of ether oxygens (including phenoxy) is 2. The lowest BCUT2D eigenvalue weighted by Crippen LogP contribution is -2.28. The van der Waals surface area contributed by atoms with Crippen molar-refractivity contribution < 1.29 is 18.7 Å². The highest BCUT2D eigenvalue weighted by molar-refractivity contribution is 5.85. The van der Waals surface area contributed by atoms with Gasteiger partial charge in [-0.3, -0.25) is 4.79 Å². The van der Waals surface area contributed by atoms with Gasteiger partial charge in [0.25, 0.3) is 0 Å². The second-order valence-electron chi connectivity index (χ2n) is 6.93. The standard InChI is InChI=1S/C23H24O5/c1-6-26-23(25)16(5)27-22-19(24)18-12-14(3)11-15(4)20(18)28-21(22)17-9-7-13(2)8-10-17/h7-12,16H,6H2,1-5H3. The highest BCUT2D eigenvalue weighted by Gasteiger charge is 2.24. The van der Waals surface area contributed by atoms with Gasteiger partial charge in [-0.25, -0.2) is 4.79 Å². The molecule has 0 bridgehead atoms. The fourth-order valence-electron chi connectivity index (χ4n) is 3.12. The first kappa shape index (κ1) is 19.7. The van der Waals surface area contributed by atoms with Gasteiger partial charge in [0.15, 0.2) is 11.9 Å². The maximum absolute atomic E-state index is 13.3. The zero-order valence-electron chi connectivity index (χ0n) is 16.8. The maximum atomic E-state index is 13.3. The zero-order chi connectivity index (χ0) is 20.4. The fraction of sp³-hybridized carbons (Fsp3) is 0.304. The lowest BCUT2D eigenvalue weighted by Gasteiger charge is -2.16. The molecule has 5 nitrogen and oxygen atoms in total. The summed E-state index contributed by atoms with van der Waals surface area (Å²) in [5.41, 5.74) is 3.81. The molecule has 2 aromatic carbocycles. The minimum absolute atomic E-state index is 0.0157. The summed E-state index contributed by atoms with van der Waals surface area (Å²) in [5, 5.41) is 0.430. The first-order valence-corrected chi connectivity index (χ1v) is 9.30. The number of benzene rings is 2. The SMILES string of the molecule is CCOC(=O)C(C)Oc1c(-c2ccc(C)cc2)oc2c(C)cc(C)cc2c1=O. The Morgan fingerprint density at radius 1 is 1.07 bits per heavy atom. The molecule has 3 rings (SSSR count). The first-order valence-electron chi connectivity index (χ1n) is 9.30. The van der Waals surface area contributed by atoms with Gasteiger partial charge in [0.05, 0.1) is 12.0 Å². The quantitative estimate of drug-likeness (QED) is 0.600. The van der Waals surface area contributed by atoms with Gasteiger partial charge in [-0.05, 0) is 51.8 Å². The summed E-state index contributed by atoms with van der Waals surface area (Å²) in [6.45, 7) is 9.32. The summed E-state index contributed by atoms with van der Waals surface area (Å²) in [6, 6.07) is 11.3. The molecular weight excluding hydrogens is 356 g/mol. The lowest BCUT2D eigenvalue weighted by atomic mass is 10.0. The Morgan fingerprint density at radius 2 is 1.75 bits per heavy atom. The summed E-state index contributed by atoms with van der Waals surface area (Å²) >= 11 is 0. The van der Waals surface area contributed by atoms with E-state index >= 15 is 0 Å². The Morgan fingerprint density at radius 3 is 2.39 bits per heavy atom. The number of fused-ring (bicyclic) bond motifs is 1. The molecule has 0 fully saturated rings. The largest absolute Gasteiger partial charge is 0.471 e. The van der Waals surface area contributed by atoms with E-state index in [1.807, 2.05) is 51.1 Å². The molecule has 0 aliphatic rings. The molecular formula is C23H24O5. The Labute approximate surface area is 163 Å². The van der Waals surface area contributed by atoms with Crippen molar-refractivity contribution in [3.05, 3.63) is 63.3 Å².